The minimum atomic E-state index is -0.856. The zero-order valence-corrected chi connectivity index (χ0v) is 5.71. The molecule has 0 aromatic carbocycles. The van der Waals surface area contributed by atoms with Crippen LogP contribution >= 0.6 is 0 Å². The summed E-state index contributed by atoms with van der Waals surface area (Å²) < 4.78 is 0. The Kier molecular flexibility index (Phi) is 0.944. The number of hydrogen-bond donors (Lipinski definition) is 2. The van der Waals surface area contributed by atoms with Gasteiger partial charge in [0, 0.05) is 0 Å². The van der Waals surface area contributed by atoms with E-state index in [1.54, 1.807) is 0 Å². The number of carboxylic acid groups (broad SMARTS) is 1. The number of fused-ring (bicyclic) bond motifs is 1. The summed E-state index contributed by atoms with van der Waals surface area (Å²) in [5.41, 5.74) is 4.83. The first-order valence-corrected chi connectivity index (χ1v) is 3.67. The predicted octanol–water partition coefficient (Wildman–Crippen LogP) is 0.198. The molecule has 2 aliphatic carbocycles. The molecule has 0 bridgehead atoms. The standard InChI is InChI=1S/C7H11NO2/c8-7(6(9)10)2-1-4-3-5(4)7/h4-5H,1-3,8H2,(H,9,10)/t4-,5?,7+/m1/s1. The van der Waals surface area contributed by atoms with Crippen molar-refractivity contribution < 1.29 is 9.90 Å². The van der Waals surface area contributed by atoms with Gasteiger partial charge in [-0.2, -0.15) is 0 Å². The van der Waals surface area contributed by atoms with Gasteiger partial charge in [-0.1, -0.05) is 0 Å². The van der Waals surface area contributed by atoms with Crippen molar-refractivity contribution in [1.82, 2.24) is 0 Å². The van der Waals surface area contributed by atoms with E-state index in [0.29, 0.717) is 18.3 Å². The highest BCUT2D eigenvalue weighted by molar-refractivity contribution is 5.80. The Morgan fingerprint density at radius 3 is 2.60 bits per heavy atom. The van der Waals surface area contributed by atoms with Crippen molar-refractivity contribution in [3.63, 3.8) is 0 Å². The molecule has 2 saturated carbocycles. The molecule has 0 heterocycles. The van der Waals surface area contributed by atoms with Crippen LogP contribution in [-0.2, 0) is 4.79 Å². The molecule has 0 aromatic rings. The Hall–Kier alpha value is -0.570. The fraction of sp³-hybridized carbons (Fsp3) is 0.857. The van der Waals surface area contributed by atoms with E-state index in [9.17, 15) is 4.79 Å². The molecule has 2 fully saturated rings. The molecule has 2 aliphatic rings. The fourth-order valence-electron chi connectivity index (χ4n) is 2.07. The summed E-state index contributed by atoms with van der Waals surface area (Å²) in [6.45, 7) is 0. The van der Waals surface area contributed by atoms with Crippen LogP contribution in [0.5, 0.6) is 0 Å². The average Bonchev–Trinajstić information content (AvgIpc) is 2.56. The lowest BCUT2D eigenvalue weighted by Crippen LogP contribution is -2.48. The molecule has 56 valence electrons. The second-order valence-electron chi connectivity index (χ2n) is 3.49. The summed E-state index contributed by atoms with van der Waals surface area (Å²) in [5.74, 6) is 0.128. The summed E-state index contributed by atoms with van der Waals surface area (Å²) in [7, 11) is 0. The molecule has 0 amide bonds. The average molecular weight is 141 g/mol. The molecule has 3 heteroatoms. The van der Waals surface area contributed by atoms with E-state index in [1.165, 1.54) is 0 Å². The van der Waals surface area contributed by atoms with Crippen LogP contribution in [0.25, 0.3) is 0 Å². The summed E-state index contributed by atoms with van der Waals surface area (Å²) in [6, 6.07) is 0. The number of carboxylic acids is 1. The first kappa shape index (κ1) is 6.16. The van der Waals surface area contributed by atoms with Gasteiger partial charge in [-0.3, -0.25) is 4.79 Å². The first-order valence-electron chi connectivity index (χ1n) is 3.67. The van der Waals surface area contributed by atoms with Crippen LogP contribution in [-0.4, -0.2) is 16.6 Å². The topological polar surface area (TPSA) is 63.3 Å². The monoisotopic (exact) mass is 141 g/mol. The molecule has 3 atom stereocenters. The second-order valence-corrected chi connectivity index (χ2v) is 3.49. The molecule has 2 rings (SSSR count). The summed E-state index contributed by atoms with van der Waals surface area (Å²) in [6.07, 6.45) is 2.74. The van der Waals surface area contributed by atoms with E-state index < -0.39 is 11.5 Å². The van der Waals surface area contributed by atoms with Crippen LogP contribution in [0.1, 0.15) is 19.3 Å². The highest BCUT2D eigenvalue weighted by Gasteiger charge is 2.59. The van der Waals surface area contributed by atoms with Gasteiger partial charge in [0.25, 0.3) is 0 Å². The number of carbonyl (C=O) groups is 1. The Morgan fingerprint density at radius 1 is 1.70 bits per heavy atom. The van der Waals surface area contributed by atoms with Gasteiger partial charge in [0.2, 0.25) is 0 Å². The van der Waals surface area contributed by atoms with Gasteiger partial charge in [0.05, 0.1) is 0 Å². The van der Waals surface area contributed by atoms with Gasteiger partial charge in [0.1, 0.15) is 5.54 Å². The SMILES string of the molecule is N[C@@]1(C(=O)O)CC[C@@H]2CC21. The maximum absolute atomic E-state index is 10.6. The molecule has 0 radical (unpaired) electrons. The van der Waals surface area contributed by atoms with Crippen molar-refractivity contribution >= 4 is 5.97 Å². The van der Waals surface area contributed by atoms with Crippen molar-refractivity contribution in [1.29, 1.82) is 0 Å². The second kappa shape index (κ2) is 1.53. The zero-order valence-electron chi connectivity index (χ0n) is 5.71. The van der Waals surface area contributed by atoms with Gasteiger partial charge < -0.3 is 10.8 Å². The number of rotatable bonds is 1. The molecule has 0 saturated heterocycles. The van der Waals surface area contributed by atoms with E-state index in [1.807, 2.05) is 0 Å². The Balaban J connectivity index is 2.21. The van der Waals surface area contributed by atoms with Crippen molar-refractivity contribution in [2.75, 3.05) is 0 Å². The quantitative estimate of drug-likeness (QED) is 0.548. The largest absolute Gasteiger partial charge is 0.480 e. The normalized spacial score (nSPS) is 50.5. The summed E-state index contributed by atoms with van der Waals surface area (Å²) in [5, 5.41) is 8.74. The Morgan fingerprint density at radius 2 is 2.40 bits per heavy atom. The lowest BCUT2D eigenvalue weighted by atomic mass is 9.95. The smallest absolute Gasteiger partial charge is 0.323 e. The summed E-state index contributed by atoms with van der Waals surface area (Å²) in [4.78, 5) is 10.6. The van der Waals surface area contributed by atoms with Gasteiger partial charge in [-0.05, 0) is 31.1 Å². The third kappa shape index (κ3) is 0.560. The van der Waals surface area contributed by atoms with Crippen molar-refractivity contribution in [3.05, 3.63) is 0 Å². The van der Waals surface area contributed by atoms with E-state index in [0.717, 1.165) is 12.8 Å². The van der Waals surface area contributed by atoms with Crippen LogP contribution < -0.4 is 5.73 Å². The van der Waals surface area contributed by atoms with Crippen LogP contribution in [0.3, 0.4) is 0 Å². The van der Waals surface area contributed by atoms with Crippen molar-refractivity contribution in [2.45, 2.75) is 24.8 Å². The van der Waals surface area contributed by atoms with E-state index in [-0.39, 0.29) is 0 Å². The minimum Gasteiger partial charge on any atom is -0.480 e. The van der Waals surface area contributed by atoms with Gasteiger partial charge in [-0.15, -0.1) is 0 Å². The van der Waals surface area contributed by atoms with E-state index >= 15 is 0 Å². The highest BCUT2D eigenvalue weighted by Crippen LogP contribution is 2.56. The van der Waals surface area contributed by atoms with E-state index in [2.05, 4.69) is 0 Å². The lowest BCUT2D eigenvalue weighted by Gasteiger charge is -2.19. The first-order chi connectivity index (χ1) is 4.64. The number of nitrogens with two attached hydrogens (primary N) is 1. The summed E-state index contributed by atoms with van der Waals surface area (Å²) >= 11 is 0. The molecular weight excluding hydrogens is 130 g/mol. The van der Waals surface area contributed by atoms with Crippen LogP contribution in [0, 0.1) is 11.8 Å². The van der Waals surface area contributed by atoms with Gasteiger partial charge >= 0.3 is 5.97 Å². The maximum atomic E-state index is 10.6. The van der Waals surface area contributed by atoms with Crippen molar-refractivity contribution in [2.24, 2.45) is 17.6 Å². The van der Waals surface area contributed by atoms with Crippen molar-refractivity contribution in [3.8, 4) is 0 Å². The van der Waals surface area contributed by atoms with Crippen LogP contribution in [0.4, 0.5) is 0 Å². The zero-order chi connectivity index (χ0) is 7.35. The third-order valence-corrected chi connectivity index (χ3v) is 2.91. The molecule has 3 nitrogen and oxygen atoms in total. The highest BCUT2D eigenvalue weighted by atomic mass is 16.4. The predicted molar refractivity (Wildman–Crippen MR) is 35.4 cm³/mol. The molecule has 0 aromatic heterocycles. The van der Waals surface area contributed by atoms with Gasteiger partial charge in [-0.25, -0.2) is 0 Å². The van der Waals surface area contributed by atoms with Crippen LogP contribution in [0.15, 0.2) is 0 Å². The molecular formula is C7H11NO2. The van der Waals surface area contributed by atoms with Crippen LogP contribution in [0.2, 0.25) is 0 Å². The Labute approximate surface area is 59.2 Å². The number of aliphatic carboxylic acids is 1. The molecule has 10 heavy (non-hydrogen) atoms. The third-order valence-electron chi connectivity index (χ3n) is 2.91. The fourth-order valence-corrected chi connectivity index (χ4v) is 2.07. The maximum Gasteiger partial charge on any atom is 0.323 e. The molecule has 0 aliphatic heterocycles. The van der Waals surface area contributed by atoms with Gasteiger partial charge in [0.15, 0.2) is 0 Å². The lowest BCUT2D eigenvalue weighted by molar-refractivity contribution is -0.143. The Bertz CT molecular complexity index is 192. The molecule has 1 unspecified atom stereocenters. The minimum absolute atomic E-state index is 0.296. The van der Waals surface area contributed by atoms with E-state index in [4.69, 9.17) is 10.8 Å². The molecule has 0 spiro atoms. The number of hydrogen-bond acceptors (Lipinski definition) is 2. The molecule has 3 N–H and O–H groups in total.